The summed E-state index contributed by atoms with van der Waals surface area (Å²) in [5.41, 5.74) is 2.83. The molecular formula is C21H22N4O. The lowest BCUT2D eigenvalue weighted by Crippen LogP contribution is -2.25. The Labute approximate surface area is 153 Å². The van der Waals surface area contributed by atoms with Crippen molar-refractivity contribution >= 4 is 11.7 Å². The van der Waals surface area contributed by atoms with Crippen molar-refractivity contribution in [3.05, 3.63) is 89.9 Å². The number of hydrogen-bond acceptors (Lipinski definition) is 4. The van der Waals surface area contributed by atoms with Gasteiger partial charge in [0.05, 0.1) is 0 Å². The summed E-state index contributed by atoms with van der Waals surface area (Å²) in [6.45, 7) is 4.12. The fourth-order valence-corrected chi connectivity index (χ4v) is 2.68. The molecule has 0 saturated heterocycles. The largest absolute Gasteiger partial charge is 0.353 e. The Morgan fingerprint density at radius 1 is 1.00 bits per heavy atom. The van der Waals surface area contributed by atoms with Gasteiger partial charge in [0.1, 0.15) is 5.82 Å². The number of carbonyl (C=O) groups excluding carboxylic acids is 1. The number of nitrogens with zero attached hydrogens (tertiary/aromatic N) is 3. The van der Waals surface area contributed by atoms with Gasteiger partial charge in [0, 0.05) is 43.8 Å². The van der Waals surface area contributed by atoms with Crippen molar-refractivity contribution in [3.8, 4) is 0 Å². The number of nitrogens with one attached hydrogen (secondary N) is 1. The van der Waals surface area contributed by atoms with E-state index in [9.17, 15) is 4.79 Å². The number of benzene rings is 1. The molecular weight excluding hydrogens is 324 g/mol. The second-order valence-electron chi connectivity index (χ2n) is 5.94. The van der Waals surface area contributed by atoms with E-state index >= 15 is 0 Å². The molecule has 0 fully saturated rings. The van der Waals surface area contributed by atoms with Gasteiger partial charge in [-0.05, 0) is 42.3 Å². The maximum absolute atomic E-state index is 12.5. The third-order valence-corrected chi connectivity index (χ3v) is 4.13. The molecule has 1 amide bonds. The standard InChI is InChI=1S/C21H22N4O/c1-2-25(16-18-6-4-3-5-7-18)20-14-19(10-13-23-20)21(26)24-15-17-8-11-22-12-9-17/h3-14H,2,15-16H2,1H3,(H,24,26). The van der Waals surface area contributed by atoms with Crippen molar-refractivity contribution in [2.24, 2.45) is 0 Å². The number of anilines is 1. The highest BCUT2D eigenvalue weighted by molar-refractivity contribution is 5.94. The fraction of sp³-hybridized carbons (Fsp3) is 0.190. The minimum atomic E-state index is -0.110. The number of carbonyl (C=O) groups is 1. The molecule has 0 saturated carbocycles. The van der Waals surface area contributed by atoms with Crippen LogP contribution in [0, 0.1) is 0 Å². The van der Waals surface area contributed by atoms with Crippen LogP contribution in [0.25, 0.3) is 0 Å². The number of rotatable bonds is 7. The zero-order valence-corrected chi connectivity index (χ0v) is 14.8. The van der Waals surface area contributed by atoms with Gasteiger partial charge in [-0.1, -0.05) is 30.3 Å². The van der Waals surface area contributed by atoms with E-state index in [1.165, 1.54) is 5.56 Å². The first-order valence-electron chi connectivity index (χ1n) is 8.68. The first kappa shape index (κ1) is 17.6. The van der Waals surface area contributed by atoms with Crippen molar-refractivity contribution in [1.29, 1.82) is 0 Å². The van der Waals surface area contributed by atoms with Crippen LogP contribution >= 0.6 is 0 Å². The average molecular weight is 346 g/mol. The minimum Gasteiger partial charge on any atom is -0.353 e. The second kappa shape index (κ2) is 8.76. The number of amides is 1. The molecule has 3 rings (SSSR count). The van der Waals surface area contributed by atoms with Crippen molar-refractivity contribution in [2.75, 3.05) is 11.4 Å². The molecule has 0 spiro atoms. The maximum atomic E-state index is 12.5. The molecule has 1 aromatic carbocycles. The smallest absolute Gasteiger partial charge is 0.251 e. The average Bonchev–Trinajstić information content (AvgIpc) is 2.72. The Kier molecular flexibility index (Phi) is 5.93. The van der Waals surface area contributed by atoms with E-state index in [4.69, 9.17) is 0 Å². The first-order chi connectivity index (χ1) is 12.8. The molecule has 0 unspecified atom stereocenters. The van der Waals surface area contributed by atoms with Crippen LogP contribution in [0.4, 0.5) is 5.82 Å². The molecule has 2 aromatic heterocycles. The third kappa shape index (κ3) is 4.66. The quantitative estimate of drug-likeness (QED) is 0.712. The SMILES string of the molecule is CCN(Cc1ccccc1)c1cc(C(=O)NCc2ccncc2)ccn1. The summed E-state index contributed by atoms with van der Waals surface area (Å²) in [6.07, 6.45) is 5.12. The third-order valence-electron chi connectivity index (χ3n) is 4.13. The van der Waals surface area contributed by atoms with Crippen molar-refractivity contribution in [1.82, 2.24) is 15.3 Å². The Bertz CT molecular complexity index is 837. The van der Waals surface area contributed by atoms with Gasteiger partial charge >= 0.3 is 0 Å². The van der Waals surface area contributed by atoms with E-state index in [0.29, 0.717) is 12.1 Å². The first-order valence-corrected chi connectivity index (χ1v) is 8.68. The zero-order valence-electron chi connectivity index (χ0n) is 14.8. The van der Waals surface area contributed by atoms with E-state index in [-0.39, 0.29) is 5.91 Å². The highest BCUT2D eigenvalue weighted by Gasteiger charge is 2.11. The summed E-state index contributed by atoms with van der Waals surface area (Å²) in [6, 6.07) is 17.6. The van der Waals surface area contributed by atoms with Crippen LogP contribution in [0.2, 0.25) is 0 Å². The molecule has 1 N–H and O–H groups in total. The van der Waals surface area contributed by atoms with E-state index in [1.807, 2.05) is 36.4 Å². The molecule has 0 atom stereocenters. The van der Waals surface area contributed by atoms with Gasteiger partial charge in [-0.3, -0.25) is 9.78 Å². The van der Waals surface area contributed by atoms with Crippen molar-refractivity contribution in [3.63, 3.8) is 0 Å². The van der Waals surface area contributed by atoms with Crippen LogP contribution in [0.5, 0.6) is 0 Å². The van der Waals surface area contributed by atoms with E-state index < -0.39 is 0 Å². The zero-order chi connectivity index (χ0) is 18.2. The van der Waals surface area contributed by atoms with Crippen LogP contribution in [-0.2, 0) is 13.1 Å². The minimum absolute atomic E-state index is 0.110. The van der Waals surface area contributed by atoms with Crippen LogP contribution in [0.3, 0.4) is 0 Å². The molecule has 0 aliphatic carbocycles. The number of pyridine rings is 2. The van der Waals surface area contributed by atoms with E-state index in [2.05, 4.69) is 39.2 Å². The topological polar surface area (TPSA) is 58.1 Å². The van der Waals surface area contributed by atoms with Gasteiger partial charge in [0.2, 0.25) is 0 Å². The molecule has 0 radical (unpaired) electrons. The number of aromatic nitrogens is 2. The fourth-order valence-electron chi connectivity index (χ4n) is 2.68. The summed E-state index contributed by atoms with van der Waals surface area (Å²) in [5, 5.41) is 2.94. The summed E-state index contributed by atoms with van der Waals surface area (Å²) in [7, 11) is 0. The monoisotopic (exact) mass is 346 g/mol. The molecule has 5 nitrogen and oxygen atoms in total. The highest BCUT2D eigenvalue weighted by atomic mass is 16.1. The van der Waals surface area contributed by atoms with Gasteiger partial charge in [-0.2, -0.15) is 0 Å². The highest BCUT2D eigenvalue weighted by Crippen LogP contribution is 2.16. The normalized spacial score (nSPS) is 10.3. The van der Waals surface area contributed by atoms with E-state index in [1.54, 1.807) is 24.7 Å². The van der Waals surface area contributed by atoms with Gasteiger partial charge < -0.3 is 10.2 Å². The maximum Gasteiger partial charge on any atom is 0.251 e. The predicted molar refractivity (Wildman–Crippen MR) is 103 cm³/mol. The van der Waals surface area contributed by atoms with E-state index in [0.717, 1.165) is 24.5 Å². The molecule has 5 heteroatoms. The Balaban J connectivity index is 1.69. The van der Waals surface area contributed by atoms with Gasteiger partial charge in [-0.15, -0.1) is 0 Å². The molecule has 132 valence electrons. The van der Waals surface area contributed by atoms with Gasteiger partial charge in [0.25, 0.3) is 5.91 Å². The summed E-state index contributed by atoms with van der Waals surface area (Å²) in [5.74, 6) is 0.689. The predicted octanol–water partition coefficient (Wildman–Crippen LogP) is 3.43. The van der Waals surface area contributed by atoms with Crippen LogP contribution in [0.15, 0.2) is 73.2 Å². The summed E-state index contributed by atoms with van der Waals surface area (Å²) >= 11 is 0. The Morgan fingerprint density at radius 2 is 1.77 bits per heavy atom. The molecule has 0 aliphatic heterocycles. The van der Waals surface area contributed by atoms with Gasteiger partial charge in [-0.25, -0.2) is 4.98 Å². The summed E-state index contributed by atoms with van der Waals surface area (Å²) in [4.78, 5) is 23.0. The Morgan fingerprint density at radius 3 is 2.50 bits per heavy atom. The lowest BCUT2D eigenvalue weighted by molar-refractivity contribution is 0.0951. The lowest BCUT2D eigenvalue weighted by Gasteiger charge is -2.22. The molecule has 0 aliphatic rings. The lowest BCUT2D eigenvalue weighted by atomic mass is 10.2. The Hall–Kier alpha value is -3.21. The van der Waals surface area contributed by atoms with Crippen molar-refractivity contribution in [2.45, 2.75) is 20.0 Å². The van der Waals surface area contributed by atoms with Crippen LogP contribution < -0.4 is 10.2 Å². The summed E-state index contributed by atoms with van der Waals surface area (Å²) < 4.78 is 0. The number of hydrogen-bond donors (Lipinski definition) is 1. The molecule has 0 bridgehead atoms. The van der Waals surface area contributed by atoms with Gasteiger partial charge in [0.15, 0.2) is 0 Å². The molecule has 2 heterocycles. The van der Waals surface area contributed by atoms with Crippen LogP contribution in [0.1, 0.15) is 28.4 Å². The van der Waals surface area contributed by atoms with Crippen molar-refractivity contribution < 1.29 is 4.79 Å². The second-order valence-corrected chi connectivity index (χ2v) is 5.94. The molecule has 26 heavy (non-hydrogen) atoms. The molecule has 3 aromatic rings. The van der Waals surface area contributed by atoms with Crippen LogP contribution in [-0.4, -0.2) is 22.4 Å².